The van der Waals surface area contributed by atoms with Gasteiger partial charge in [0.05, 0.1) is 0 Å². The first-order chi connectivity index (χ1) is 8.99. The van der Waals surface area contributed by atoms with E-state index in [1.54, 1.807) is 4.57 Å². The van der Waals surface area contributed by atoms with Crippen molar-refractivity contribution in [2.75, 3.05) is 5.75 Å². The molecule has 0 spiro atoms. The Labute approximate surface area is 114 Å². The average Bonchev–Trinajstić information content (AvgIpc) is 3.08. The topological polar surface area (TPSA) is 100 Å². The fraction of sp³-hybridized carbons (Fsp3) is 0.727. The van der Waals surface area contributed by atoms with Gasteiger partial charge in [-0.25, -0.2) is 9.89 Å². The first-order valence-corrected chi connectivity index (χ1v) is 7.26. The molecule has 19 heavy (non-hydrogen) atoms. The van der Waals surface area contributed by atoms with E-state index in [0.717, 1.165) is 12.8 Å². The van der Waals surface area contributed by atoms with Crippen molar-refractivity contribution in [1.82, 2.24) is 20.1 Å². The normalized spacial score (nSPS) is 16.8. The maximum absolute atomic E-state index is 11.6. The first-order valence-electron chi connectivity index (χ1n) is 6.27. The van der Waals surface area contributed by atoms with Gasteiger partial charge in [-0.1, -0.05) is 25.6 Å². The Morgan fingerprint density at radius 3 is 2.84 bits per heavy atom. The van der Waals surface area contributed by atoms with Gasteiger partial charge in [0.2, 0.25) is 0 Å². The summed E-state index contributed by atoms with van der Waals surface area (Å²) in [7, 11) is 0. The number of rotatable bonds is 7. The van der Waals surface area contributed by atoms with Gasteiger partial charge in [-0.3, -0.25) is 9.36 Å². The van der Waals surface area contributed by atoms with Crippen LogP contribution >= 0.6 is 11.8 Å². The fourth-order valence-electron chi connectivity index (χ4n) is 1.80. The highest BCUT2D eigenvalue weighted by Crippen LogP contribution is 2.36. The van der Waals surface area contributed by atoms with Gasteiger partial charge in [-0.15, -0.1) is 5.10 Å². The number of aromatic amines is 1. The SMILES string of the molecule is CC(C)NC(CSc1n[nH]c(=O)n1C1CC1)C(=O)O. The van der Waals surface area contributed by atoms with Crippen molar-refractivity contribution in [2.24, 2.45) is 0 Å². The lowest BCUT2D eigenvalue weighted by atomic mass is 10.3. The zero-order valence-electron chi connectivity index (χ0n) is 10.9. The minimum Gasteiger partial charge on any atom is -0.480 e. The van der Waals surface area contributed by atoms with Gasteiger partial charge in [-0.05, 0) is 12.8 Å². The summed E-state index contributed by atoms with van der Waals surface area (Å²) in [4.78, 5) is 22.7. The number of carboxylic acids is 1. The van der Waals surface area contributed by atoms with Crippen molar-refractivity contribution in [3.05, 3.63) is 10.5 Å². The van der Waals surface area contributed by atoms with Crippen LogP contribution in [0.4, 0.5) is 0 Å². The Balaban J connectivity index is 2.00. The van der Waals surface area contributed by atoms with Crippen LogP contribution in [-0.2, 0) is 4.79 Å². The second-order valence-corrected chi connectivity index (χ2v) is 5.92. The van der Waals surface area contributed by atoms with E-state index in [1.807, 2.05) is 13.8 Å². The molecule has 0 bridgehead atoms. The molecule has 1 aliphatic rings. The van der Waals surface area contributed by atoms with Crippen LogP contribution in [0.1, 0.15) is 32.7 Å². The van der Waals surface area contributed by atoms with E-state index in [-0.39, 0.29) is 17.8 Å². The Bertz CT molecular complexity index is 506. The lowest BCUT2D eigenvalue weighted by Gasteiger charge is -2.16. The van der Waals surface area contributed by atoms with Gasteiger partial charge in [0.25, 0.3) is 0 Å². The number of H-pyrrole nitrogens is 1. The molecular formula is C11H18N4O3S. The molecule has 0 amide bonds. The summed E-state index contributed by atoms with van der Waals surface area (Å²) in [5, 5.41) is 19.0. The predicted octanol–water partition coefficient (Wildman–Crippen LogP) is 0.450. The van der Waals surface area contributed by atoms with Crippen LogP contribution in [0.3, 0.4) is 0 Å². The molecule has 1 aromatic heterocycles. The van der Waals surface area contributed by atoms with E-state index in [9.17, 15) is 9.59 Å². The number of hydrogen-bond donors (Lipinski definition) is 3. The van der Waals surface area contributed by atoms with E-state index >= 15 is 0 Å². The molecule has 8 heteroatoms. The van der Waals surface area contributed by atoms with Crippen LogP contribution in [0.5, 0.6) is 0 Å². The summed E-state index contributed by atoms with van der Waals surface area (Å²) in [5.74, 6) is -0.554. The highest BCUT2D eigenvalue weighted by Gasteiger charge is 2.29. The van der Waals surface area contributed by atoms with Crippen molar-refractivity contribution in [3.63, 3.8) is 0 Å². The largest absolute Gasteiger partial charge is 0.480 e. The van der Waals surface area contributed by atoms with Gasteiger partial charge in [0.15, 0.2) is 5.16 Å². The monoisotopic (exact) mass is 286 g/mol. The second kappa shape index (κ2) is 5.79. The Kier molecular flexibility index (Phi) is 4.31. The van der Waals surface area contributed by atoms with E-state index in [1.165, 1.54) is 11.8 Å². The molecule has 0 saturated heterocycles. The third-order valence-electron chi connectivity index (χ3n) is 2.80. The molecule has 0 aliphatic heterocycles. The molecule has 3 N–H and O–H groups in total. The molecule has 7 nitrogen and oxygen atoms in total. The van der Waals surface area contributed by atoms with Crippen LogP contribution in [0.15, 0.2) is 9.95 Å². The summed E-state index contributed by atoms with van der Waals surface area (Å²) in [6.45, 7) is 3.80. The predicted molar refractivity (Wildman–Crippen MR) is 71.5 cm³/mol. The van der Waals surface area contributed by atoms with Gasteiger partial charge in [-0.2, -0.15) is 0 Å². The fourth-order valence-corrected chi connectivity index (χ4v) is 2.83. The molecule has 1 saturated carbocycles. The van der Waals surface area contributed by atoms with Crippen LogP contribution in [-0.4, -0.2) is 43.7 Å². The highest BCUT2D eigenvalue weighted by molar-refractivity contribution is 7.99. The molecule has 1 atom stereocenters. The summed E-state index contributed by atoms with van der Waals surface area (Å²) >= 11 is 1.29. The second-order valence-electron chi connectivity index (χ2n) is 4.94. The van der Waals surface area contributed by atoms with Gasteiger partial charge in [0.1, 0.15) is 6.04 Å². The van der Waals surface area contributed by atoms with E-state index < -0.39 is 12.0 Å². The zero-order valence-corrected chi connectivity index (χ0v) is 11.7. The number of carboxylic acid groups (broad SMARTS) is 1. The molecule has 2 rings (SSSR count). The molecular weight excluding hydrogens is 268 g/mol. The maximum Gasteiger partial charge on any atom is 0.344 e. The number of aromatic nitrogens is 3. The number of nitrogens with zero attached hydrogens (tertiary/aromatic N) is 2. The Hall–Kier alpha value is -1.28. The summed E-state index contributed by atoms with van der Waals surface area (Å²) in [6, 6.07) is -0.328. The van der Waals surface area contributed by atoms with Crippen LogP contribution in [0.2, 0.25) is 0 Å². The Morgan fingerprint density at radius 1 is 1.63 bits per heavy atom. The van der Waals surface area contributed by atoms with Crippen molar-refractivity contribution in [1.29, 1.82) is 0 Å². The van der Waals surface area contributed by atoms with Gasteiger partial charge >= 0.3 is 11.7 Å². The van der Waals surface area contributed by atoms with Crippen LogP contribution < -0.4 is 11.0 Å². The summed E-state index contributed by atoms with van der Waals surface area (Å²) < 4.78 is 1.62. The number of hydrogen-bond acceptors (Lipinski definition) is 5. The van der Waals surface area contributed by atoms with E-state index in [2.05, 4.69) is 15.5 Å². The number of thioether (sulfide) groups is 1. The molecule has 1 heterocycles. The lowest BCUT2D eigenvalue weighted by molar-refractivity contribution is -0.139. The number of aliphatic carboxylic acids is 1. The van der Waals surface area contributed by atoms with Crippen molar-refractivity contribution < 1.29 is 9.90 Å². The van der Waals surface area contributed by atoms with E-state index in [0.29, 0.717) is 10.9 Å². The highest BCUT2D eigenvalue weighted by atomic mass is 32.2. The first kappa shape index (κ1) is 14.1. The molecule has 106 valence electrons. The quantitative estimate of drug-likeness (QED) is 0.629. The van der Waals surface area contributed by atoms with E-state index in [4.69, 9.17) is 5.11 Å². The van der Waals surface area contributed by atoms with Crippen LogP contribution in [0.25, 0.3) is 0 Å². The smallest absolute Gasteiger partial charge is 0.344 e. The molecule has 0 radical (unpaired) electrons. The van der Waals surface area contributed by atoms with Crippen molar-refractivity contribution in [2.45, 2.75) is 50.0 Å². The zero-order chi connectivity index (χ0) is 14.0. The van der Waals surface area contributed by atoms with Crippen molar-refractivity contribution >= 4 is 17.7 Å². The average molecular weight is 286 g/mol. The third kappa shape index (κ3) is 3.60. The molecule has 0 aromatic carbocycles. The minimum atomic E-state index is -0.892. The molecule has 1 aliphatic carbocycles. The van der Waals surface area contributed by atoms with Gasteiger partial charge < -0.3 is 10.4 Å². The lowest BCUT2D eigenvalue weighted by Crippen LogP contribution is -2.42. The standard InChI is InChI=1S/C11H18N4O3S/c1-6(2)12-8(9(16)17)5-19-11-14-13-10(18)15(11)7-3-4-7/h6-8,12H,3-5H2,1-2H3,(H,13,18)(H,16,17). The minimum absolute atomic E-state index is 0.0894. The molecule has 1 fully saturated rings. The third-order valence-corrected chi connectivity index (χ3v) is 3.84. The number of carbonyl (C=O) groups is 1. The summed E-state index contributed by atoms with van der Waals surface area (Å²) in [5.41, 5.74) is -0.214. The van der Waals surface area contributed by atoms with Crippen LogP contribution in [0, 0.1) is 0 Å². The summed E-state index contributed by atoms with van der Waals surface area (Å²) in [6.07, 6.45) is 1.97. The maximum atomic E-state index is 11.6. The molecule has 1 unspecified atom stereocenters. The van der Waals surface area contributed by atoms with Crippen molar-refractivity contribution in [3.8, 4) is 0 Å². The number of nitrogens with one attached hydrogen (secondary N) is 2. The van der Waals surface area contributed by atoms with Gasteiger partial charge in [0, 0.05) is 17.8 Å². The Morgan fingerprint density at radius 2 is 2.32 bits per heavy atom. The molecule has 1 aromatic rings.